The summed E-state index contributed by atoms with van der Waals surface area (Å²) in [6, 6.07) is 4.80. The van der Waals surface area contributed by atoms with Gasteiger partial charge < -0.3 is 10.2 Å². The van der Waals surface area contributed by atoms with Crippen molar-refractivity contribution in [1.82, 2.24) is 4.98 Å². The molecule has 2 bridgehead atoms. The number of hydrogen-bond donors (Lipinski definition) is 2. The summed E-state index contributed by atoms with van der Waals surface area (Å²) < 4.78 is 90.5. The number of alkyl halides is 5. The van der Waals surface area contributed by atoms with Crippen LogP contribution in [0.4, 0.5) is 33.5 Å². The lowest BCUT2D eigenvalue weighted by Crippen LogP contribution is -2.42. The highest BCUT2D eigenvalue weighted by atomic mass is 32.2. The van der Waals surface area contributed by atoms with Gasteiger partial charge in [-0.3, -0.25) is 4.79 Å². The van der Waals surface area contributed by atoms with Crippen LogP contribution in [-0.4, -0.2) is 37.8 Å². The van der Waals surface area contributed by atoms with Crippen molar-refractivity contribution < 1.29 is 35.2 Å². The van der Waals surface area contributed by atoms with Gasteiger partial charge in [-0.25, -0.2) is 27.3 Å². The third-order valence-electron chi connectivity index (χ3n) is 5.65. The number of rotatable bonds is 4. The lowest BCUT2D eigenvalue weighted by Gasteiger charge is -2.33. The molecule has 2 atom stereocenters. The van der Waals surface area contributed by atoms with Gasteiger partial charge in [0.05, 0.1) is 16.0 Å². The number of nitrogens with zero attached hydrogens (tertiary/aromatic N) is 2. The number of nitrogens with one attached hydrogen (secondary N) is 1. The molecule has 0 unspecified atom stereocenters. The second-order valence-corrected chi connectivity index (χ2v) is 9.39. The highest BCUT2D eigenvalue weighted by Crippen LogP contribution is 2.49. The van der Waals surface area contributed by atoms with Gasteiger partial charge in [0.1, 0.15) is 5.82 Å². The molecule has 1 aliphatic heterocycles. The van der Waals surface area contributed by atoms with Crippen LogP contribution in [0.15, 0.2) is 41.4 Å². The Morgan fingerprint density at radius 1 is 1.25 bits per heavy atom. The van der Waals surface area contributed by atoms with Crippen LogP contribution in [0.3, 0.4) is 0 Å². The van der Waals surface area contributed by atoms with E-state index in [0.29, 0.717) is 12.3 Å². The van der Waals surface area contributed by atoms with Crippen molar-refractivity contribution in [2.24, 2.45) is 11.1 Å². The minimum absolute atomic E-state index is 0.0284. The number of pyridine rings is 1. The summed E-state index contributed by atoms with van der Waals surface area (Å²) in [5, 5.41) is 7.39. The molecule has 1 amide bonds. The van der Waals surface area contributed by atoms with Crippen molar-refractivity contribution in [3.05, 3.63) is 47.7 Å². The molecule has 1 aliphatic carbocycles. The van der Waals surface area contributed by atoms with Crippen molar-refractivity contribution in [3.63, 3.8) is 0 Å². The predicted molar refractivity (Wildman–Crippen MR) is 104 cm³/mol. The number of aromatic nitrogens is 1. The monoisotopic (exact) mass is 476 g/mol. The molecule has 2 heterocycles. The maximum atomic E-state index is 13.9. The Morgan fingerprint density at radius 2 is 1.97 bits per heavy atom. The van der Waals surface area contributed by atoms with Crippen LogP contribution in [0, 0.1) is 5.92 Å². The highest BCUT2D eigenvalue weighted by molar-refractivity contribution is 7.89. The molecule has 2 aromatic rings. The molecule has 3 N–H and O–H groups in total. The largest absolute Gasteiger partial charge is 0.417 e. The third kappa shape index (κ3) is 4.13. The summed E-state index contributed by atoms with van der Waals surface area (Å²) in [5.41, 5.74) is -1.67. The SMILES string of the molecule is NS(=O)(=O)c1cccc(NC(=O)c2cc(C(F)(F)F)cnc2N2C[C@H]3C[C@@H]2CC3(F)F)c1. The molecule has 4 rings (SSSR count). The Balaban J connectivity index is 1.70. The van der Waals surface area contributed by atoms with Crippen molar-refractivity contribution in [2.45, 2.75) is 35.9 Å². The molecule has 7 nitrogen and oxygen atoms in total. The first-order valence-electron chi connectivity index (χ1n) is 9.41. The fraction of sp³-hybridized carbons (Fsp3) is 0.368. The lowest BCUT2D eigenvalue weighted by atomic mass is 10.0. The van der Waals surface area contributed by atoms with E-state index in [0.717, 1.165) is 6.07 Å². The second-order valence-electron chi connectivity index (χ2n) is 7.82. The van der Waals surface area contributed by atoms with Crippen LogP contribution >= 0.6 is 0 Å². The van der Waals surface area contributed by atoms with E-state index >= 15 is 0 Å². The Kier molecular flexibility index (Phi) is 5.16. The zero-order valence-electron chi connectivity index (χ0n) is 16.2. The van der Waals surface area contributed by atoms with Gasteiger partial charge in [-0.15, -0.1) is 0 Å². The molecular weight excluding hydrogens is 459 g/mol. The summed E-state index contributed by atoms with van der Waals surface area (Å²) in [4.78, 5) is 17.8. The summed E-state index contributed by atoms with van der Waals surface area (Å²) in [6.45, 7) is -0.142. The number of hydrogen-bond acceptors (Lipinski definition) is 5. The normalized spacial score (nSPS) is 22.2. The molecule has 1 aromatic carbocycles. The predicted octanol–water partition coefficient (Wildman–Crippen LogP) is 3.23. The van der Waals surface area contributed by atoms with E-state index < -0.39 is 57.5 Å². The van der Waals surface area contributed by atoms with E-state index in [-0.39, 0.29) is 29.4 Å². The van der Waals surface area contributed by atoms with E-state index in [1.165, 1.54) is 23.1 Å². The van der Waals surface area contributed by atoms with Crippen molar-refractivity contribution in [1.29, 1.82) is 0 Å². The van der Waals surface area contributed by atoms with Gasteiger partial charge in [0.15, 0.2) is 0 Å². The van der Waals surface area contributed by atoms with Crippen molar-refractivity contribution in [3.8, 4) is 0 Å². The fourth-order valence-electron chi connectivity index (χ4n) is 4.11. The number of piperidine rings is 1. The van der Waals surface area contributed by atoms with Crippen LogP contribution in [0.2, 0.25) is 0 Å². The van der Waals surface area contributed by atoms with Crippen LogP contribution in [-0.2, 0) is 16.2 Å². The topological polar surface area (TPSA) is 105 Å². The number of carbonyl (C=O) groups is 1. The van der Waals surface area contributed by atoms with E-state index in [1.54, 1.807) is 0 Å². The summed E-state index contributed by atoms with van der Waals surface area (Å²) >= 11 is 0. The molecule has 1 saturated carbocycles. The van der Waals surface area contributed by atoms with Gasteiger partial charge >= 0.3 is 6.18 Å². The quantitative estimate of drug-likeness (QED) is 0.660. The summed E-state index contributed by atoms with van der Waals surface area (Å²) in [7, 11) is -4.08. The molecule has 0 radical (unpaired) electrons. The maximum absolute atomic E-state index is 13.9. The molecule has 2 aliphatic rings. The smallest absolute Gasteiger partial charge is 0.352 e. The van der Waals surface area contributed by atoms with Crippen LogP contribution in [0.25, 0.3) is 0 Å². The second kappa shape index (κ2) is 7.37. The zero-order chi connectivity index (χ0) is 23.5. The Morgan fingerprint density at radius 3 is 2.53 bits per heavy atom. The number of primary sulfonamides is 1. The summed E-state index contributed by atoms with van der Waals surface area (Å²) in [6.07, 6.45) is -4.56. The van der Waals surface area contributed by atoms with Gasteiger partial charge in [0, 0.05) is 36.8 Å². The van der Waals surface area contributed by atoms with Crippen molar-refractivity contribution in [2.75, 3.05) is 16.8 Å². The van der Waals surface area contributed by atoms with Crippen LogP contribution in [0.1, 0.15) is 28.8 Å². The zero-order valence-corrected chi connectivity index (χ0v) is 17.1. The fourth-order valence-corrected chi connectivity index (χ4v) is 4.67. The molecule has 2 fully saturated rings. The molecule has 1 aromatic heterocycles. The average molecular weight is 476 g/mol. The van der Waals surface area contributed by atoms with E-state index in [1.807, 2.05) is 0 Å². The molecular formula is C19H17F5N4O3S. The molecule has 13 heteroatoms. The average Bonchev–Trinajstić information content (AvgIpc) is 3.22. The lowest BCUT2D eigenvalue weighted by molar-refractivity contribution is -0.137. The number of amides is 1. The van der Waals surface area contributed by atoms with Crippen LogP contribution < -0.4 is 15.4 Å². The number of carbonyl (C=O) groups excluding carboxylic acids is 1. The Labute approximate surface area is 179 Å². The van der Waals surface area contributed by atoms with E-state index in [4.69, 9.17) is 5.14 Å². The maximum Gasteiger partial charge on any atom is 0.417 e. The number of fused-ring (bicyclic) bond motifs is 2. The minimum atomic E-state index is -4.79. The van der Waals surface area contributed by atoms with Gasteiger partial charge in [-0.1, -0.05) is 6.07 Å². The van der Waals surface area contributed by atoms with Gasteiger partial charge in [0.25, 0.3) is 11.8 Å². The summed E-state index contributed by atoms with van der Waals surface area (Å²) in [5.74, 6) is -4.98. The standard InChI is InChI=1S/C19H17F5N4O3S/c20-18(21)7-13-4-11(18)9-28(13)16-15(5-10(8-26-16)19(22,23)24)17(29)27-12-2-1-3-14(6-12)32(25,30)31/h1-3,5-6,8,11,13H,4,7,9H2,(H,27,29)(H2,25,30,31)/t11-,13-/m1/s1. The first-order valence-corrected chi connectivity index (χ1v) is 11.0. The van der Waals surface area contributed by atoms with Gasteiger partial charge in [-0.2, -0.15) is 13.2 Å². The molecule has 32 heavy (non-hydrogen) atoms. The first-order chi connectivity index (χ1) is 14.8. The number of anilines is 2. The number of benzene rings is 1. The van der Waals surface area contributed by atoms with E-state index in [9.17, 15) is 35.2 Å². The minimum Gasteiger partial charge on any atom is -0.352 e. The number of sulfonamides is 1. The van der Waals surface area contributed by atoms with E-state index in [2.05, 4.69) is 10.3 Å². The molecule has 1 saturated heterocycles. The van der Waals surface area contributed by atoms with Crippen molar-refractivity contribution >= 4 is 27.4 Å². The first kappa shape index (κ1) is 22.4. The molecule has 0 spiro atoms. The number of nitrogens with two attached hydrogens (primary N) is 1. The Hall–Kier alpha value is -2.80. The third-order valence-corrected chi connectivity index (χ3v) is 6.56. The molecule has 172 valence electrons. The Bertz CT molecular complexity index is 1190. The number of halogens is 5. The van der Waals surface area contributed by atoms with Crippen LogP contribution in [0.5, 0.6) is 0 Å². The highest BCUT2D eigenvalue weighted by Gasteiger charge is 2.56. The van der Waals surface area contributed by atoms with Gasteiger partial charge in [0.2, 0.25) is 10.0 Å². The van der Waals surface area contributed by atoms with Gasteiger partial charge in [-0.05, 0) is 30.7 Å².